The molecule has 0 bridgehead atoms. The van der Waals surface area contributed by atoms with E-state index in [1.807, 2.05) is 25.1 Å². The lowest BCUT2D eigenvalue weighted by Gasteiger charge is -2.06. The number of hydrogen-bond donors (Lipinski definition) is 0. The molecule has 0 unspecified atom stereocenters. The standard InChI is InChI=1S/C17H16N2O2/c1-3-21-17(20)16-10-12(2)19(18-16)15-9-8-13-6-4-5-7-14(13)11-15/h4-11H,3H2,1-2H3. The molecule has 0 N–H and O–H groups in total. The molecule has 3 aromatic rings. The van der Waals surface area contributed by atoms with Crippen molar-refractivity contribution < 1.29 is 9.53 Å². The molecule has 0 fully saturated rings. The summed E-state index contributed by atoms with van der Waals surface area (Å²) < 4.78 is 6.75. The van der Waals surface area contributed by atoms with Crippen LogP contribution in [0.1, 0.15) is 23.1 Å². The number of carbonyl (C=O) groups excluding carboxylic acids is 1. The maximum atomic E-state index is 11.8. The van der Waals surface area contributed by atoms with Crippen molar-refractivity contribution in [1.29, 1.82) is 0 Å². The van der Waals surface area contributed by atoms with Crippen LogP contribution in [0.3, 0.4) is 0 Å². The van der Waals surface area contributed by atoms with E-state index < -0.39 is 0 Å². The Morgan fingerprint density at radius 3 is 2.67 bits per heavy atom. The van der Waals surface area contributed by atoms with Crippen LogP contribution in [0.25, 0.3) is 16.5 Å². The van der Waals surface area contributed by atoms with Crippen molar-refractivity contribution in [3.05, 3.63) is 59.9 Å². The van der Waals surface area contributed by atoms with E-state index in [1.165, 1.54) is 5.39 Å². The predicted octanol–water partition coefficient (Wildman–Crippen LogP) is 3.51. The van der Waals surface area contributed by atoms with Crippen LogP contribution < -0.4 is 0 Å². The fourth-order valence-corrected chi connectivity index (χ4v) is 2.35. The van der Waals surface area contributed by atoms with E-state index >= 15 is 0 Å². The summed E-state index contributed by atoms with van der Waals surface area (Å²) in [5.74, 6) is -0.389. The lowest BCUT2D eigenvalue weighted by atomic mass is 10.1. The minimum Gasteiger partial charge on any atom is -0.461 e. The summed E-state index contributed by atoms with van der Waals surface area (Å²) in [5, 5.41) is 6.67. The van der Waals surface area contributed by atoms with E-state index in [-0.39, 0.29) is 5.97 Å². The zero-order valence-electron chi connectivity index (χ0n) is 12.0. The van der Waals surface area contributed by atoms with Gasteiger partial charge in [0.2, 0.25) is 0 Å². The first-order chi connectivity index (χ1) is 10.2. The first-order valence-electron chi connectivity index (χ1n) is 6.92. The number of benzene rings is 2. The lowest BCUT2D eigenvalue weighted by Crippen LogP contribution is -2.06. The number of fused-ring (bicyclic) bond motifs is 1. The fourth-order valence-electron chi connectivity index (χ4n) is 2.35. The molecule has 1 heterocycles. The molecule has 0 aliphatic carbocycles. The van der Waals surface area contributed by atoms with Gasteiger partial charge in [0.05, 0.1) is 12.3 Å². The average molecular weight is 280 g/mol. The Bertz CT molecular complexity index is 805. The molecule has 0 saturated heterocycles. The highest BCUT2D eigenvalue weighted by molar-refractivity contribution is 5.87. The summed E-state index contributed by atoms with van der Waals surface area (Å²) in [6.45, 7) is 4.05. The molecule has 4 heteroatoms. The van der Waals surface area contributed by atoms with Crippen molar-refractivity contribution in [2.24, 2.45) is 0 Å². The maximum absolute atomic E-state index is 11.8. The second-order valence-corrected chi connectivity index (χ2v) is 4.83. The van der Waals surface area contributed by atoms with Crippen molar-refractivity contribution in [3.8, 4) is 5.69 Å². The minimum atomic E-state index is -0.389. The number of carbonyl (C=O) groups is 1. The summed E-state index contributed by atoms with van der Waals surface area (Å²) in [7, 11) is 0. The van der Waals surface area contributed by atoms with Crippen molar-refractivity contribution >= 4 is 16.7 Å². The molecule has 21 heavy (non-hydrogen) atoms. The second kappa shape index (κ2) is 5.40. The van der Waals surface area contributed by atoms with Gasteiger partial charge in [-0.15, -0.1) is 0 Å². The number of ether oxygens (including phenoxy) is 1. The number of esters is 1. The Morgan fingerprint density at radius 2 is 1.90 bits per heavy atom. The minimum absolute atomic E-state index is 0.336. The van der Waals surface area contributed by atoms with E-state index in [0.29, 0.717) is 12.3 Å². The SMILES string of the molecule is CCOC(=O)c1cc(C)n(-c2ccc3ccccc3c2)n1. The lowest BCUT2D eigenvalue weighted by molar-refractivity contribution is 0.0519. The summed E-state index contributed by atoms with van der Waals surface area (Å²) in [6, 6.07) is 16.0. The fraction of sp³-hybridized carbons (Fsp3) is 0.176. The third kappa shape index (κ3) is 2.52. The Hall–Kier alpha value is -2.62. The molecule has 0 aliphatic rings. The highest BCUT2D eigenvalue weighted by Crippen LogP contribution is 2.19. The van der Waals surface area contributed by atoms with Crippen LogP contribution in [-0.4, -0.2) is 22.4 Å². The van der Waals surface area contributed by atoms with E-state index in [1.54, 1.807) is 17.7 Å². The van der Waals surface area contributed by atoms with E-state index in [9.17, 15) is 4.79 Å². The van der Waals surface area contributed by atoms with E-state index in [4.69, 9.17) is 4.74 Å². The molecule has 1 aromatic heterocycles. The number of hydrogen-bond acceptors (Lipinski definition) is 3. The second-order valence-electron chi connectivity index (χ2n) is 4.83. The van der Waals surface area contributed by atoms with Gasteiger partial charge in [-0.3, -0.25) is 0 Å². The zero-order valence-corrected chi connectivity index (χ0v) is 12.0. The van der Waals surface area contributed by atoms with Crippen LogP contribution in [0.15, 0.2) is 48.5 Å². The number of rotatable bonds is 3. The van der Waals surface area contributed by atoms with Crippen LogP contribution in [0.2, 0.25) is 0 Å². The van der Waals surface area contributed by atoms with Crippen molar-refractivity contribution in [2.45, 2.75) is 13.8 Å². The Labute approximate surface area is 123 Å². The van der Waals surface area contributed by atoms with Crippen molar-refractivity contribution in [3.63, 3.8) is 0 Å². The van der Waals surface area contributed by atoms with Crippen molar-refractivity contribution in [2.75, 3.05) is 6.61 Å². The van der Waals surface area contributed by atoms with Gasteiger partial charge >= 0.3 is 5.97 Å². The number of aromatic nitrogens is 2. The van der Waals surface area contributed by atoms with Crippen LogP contribution in [-0.2, 0) is 4.74 Å². The first kappa shape index (κ1) is 13.4. The van der Waals surface area contributed by atoms with Crippen LogP contribution in [0.5, 0.6) is 0 Å². The normalized spacial score (nSPS) is 10.8. The number of aryl methyl sites for hydroxylation is 1. The summed E-state index contributed by atoms with van der Waals surface area (Å²) in [5.41, 5.74) is 2.16. The molecule has 0 aliphatic heterocycles. The highest BCUT2D eigenvalue weighted by Gasteiger charge is 2.14. The molecule has 4 nitrogen and oxygen atoms in total. The molecular formula is C17H16N2O2. The topological polar surface area (TPSA) is 44.1 Å². The van der Waals surface area contributed by atoms with Gasteiger partial charge in [-0.25, -0.2) is 9.48 Å². The van der Waals surface area contributed by atoms with Gasteiger partial charge in [0.25, 0.3) is 0 Å². The van der Waals surface area contributed by atoms with Crippen LogP contribution in [0.4, 0.5) is 0 Å². The van der Waals surface area contributed by atoms with E-state index in [2.05, 4.69) is 29.4 Å². The molecule has 2 aromatic carbocycles. The smallest absolute Gasteiger partial charge is 0.358 e. The molecule has 106 valence electrons. The van der Waals surface area contributed by atoms with Gasteiger partial charge in [-0.05, 0) is 42.8 Å². The molecule has 0 saturated carbocycles. The van der Waals surface area contributed by atoms with Crippen molar-refractivity contribution in [1.82, 2.24) is 9.78 Å². The van der Waals surface area contributed by atoms with Gasteiger partial charge < -0.3 is 4.74 Å². The third-order valence-electron chi connectivity index (χ3n) is 3.35. The van der Waals surface area contributed by atoms with Gasteiger partial charge in [-0.1, -0.05) is 30.3 Å². The van der Waals surface area contributed by atoms with Gasteiger partial charge in [0.15, 0.2) is 5.69 Å². The summed E-state index contributed by atoms with van der Waals surface area (Å²) in [4.78, 5) is 11.8. The van der Waals surface area contributed by atoms with Crippen LogP contribution in [0, 0.1) is 6.92 Å². The molecule has 3 rings (SSSR count). The van der Waals surface area contributed by atoms with Gasteiger partial charge in [0, 0.05) is 5.69 Å². The molecular weight excluding hydrogens is 264 g/mol. The Kier molecular flexibility index (Phi) is 3.44. The molecule has 0 spiro atoms. The molecule has 0 amide bonds. The summed E-state index contributed by atoms with van der Waals surface area (Å²) in [6.07, 6.45) is 0. The predicted molar refractivity (Wildman–Crippen MR) is 81.8 cm³/mol. The summed E-state index contributed by atoms with van der Waals surface area (Å²) >= 11 is 0. The number of nitrogens with zero attached hydrogens (tertiary/aromatic N) is 2. The van der Waals surface area contributed by atoms with E-state index in [0.717, 1.165) is 16.8 Å². The van der Waals surface area contributed by atoms with Crippen LogP contribution >= 0.6 is 0 Å². The zero-order chi connectivity index (χ0) is 14.8. The Balaban J connectivity index is 2.04. The largest absolute Gasteiger partial charge is 0.461 e. The average Bonchev–Trinajstić information content (AvgIpc) is 2.89. The maximum Gasteiger partial charge on any atom is 0.358 e. The monoisotopic (exact) mass is 280 g/mol. The molecule has 0 atom stereocenters. The first-order valence-corrected chi connectivity index (χ1v) is 6.92. The highest BCUT2D eigenvalue weighted by atomic mass is 16.5. The third-order valence-corrected chi connectivity index (χ3v) is 3.35. The molecule has 0 radical (unpaired) electrons. The van der Waals surface area contributed by atoms with Gasteiger partial charge in [0.1, 0.15) is 0 Å². The Morgan fingerprint density at radius 1 is 1.14 bits per heavy atom. The quantitative estimate of drug-likeness (QED) is 0.690. The van der Waals surface area contributed by atoms with Gasteiger partial charge in [-0.2, -0.15) is 5.10 Å².